The summed E-state index contributed by atoms with van der Waals surface area (Å²) in [6.07, 6.45) is 0.439. The molecule has 2 N–H and O–H groups in total. The number of aliphatic hydroxyl groups is 2. The Morgan fingerprint density at radius 2 is 1.83 bits per heavy atom. The van der Waals surface area contributed by atoms with Crippen LogP contribution in [0.1, 0.15) is 44.3 Å². The van der Waals surface area contributed by atoms with E-state index in [4.69, 9.17) is 5.11 Å². The number of carbonyl (C=O) groups is 2. The van der Waals surface area contributed by atoms with Crippen LogP contribution >= 0.6 is 0 Å². The Bertz CT molecular complexity index is 555. The molecular formula is C14H16O4. The molecule has 4 nitrogen and oxygen atoms in total. The van der Waals surface area contributed by atoms with E-state index in [9.17, 15) is 14.7 Å². The highest BCUT2D eigenvalue weighted by Crippen LogP contribution is 2.35. The Kier molecular flexibility index (Phi) is 2.87. The van der Waals surface area contributed by atoms with Crippen LogP contribution in [0.25, 0.3) is 0 Å². The summed E-state index contributed by atoms with van der Waals surface area (Å²) in [5, 5.41) is 19.0. The van der Waals surface area contributed by atoms with Gasteiger partial charge in [-0.25, -0.2) is 0 Å². The van der Waals surface area contributed by atoms with Gasteiger partial charge in [-0.3, -0.25) is 9.59 Å². The van der Waals surface area contributed by atoms with Crippen LogP contribution in [0, 0.1) is 13.8 Å². The van der Waals surface area contributed by atoms with Crippen LogP contribution in [0.2, 0.25) is 0 Å². The Morgan fingerprint density at radius 3 is 2.39 bits per heavy atom. The largest absolute Gasteiger partial charge is 0.396 e. The second kappa shape index (κ2) is 4.00. The lowest BCUT2D eigenvalue weighted by atomic mass is 9.92. The van der Waals surface area contributed by atoms with Crippen LogP contribution in [0.3, 0.4) is 0 Å². The van der Waals surface area contributed by atoms with Crippen molar-refractivity contribution in [1.29, 1.82) is 0 Å². The number of Topliss-reactive ketones (excluding diaryl/α,β-unsaturated/α-hetero) is 2. The van der Waals surface area contributed by atoms with E-state index in [0.29, 0.717) is 23.1 Å². The molecule has 96 valence electrons. The molecule has 0 amide bonds. The van der Waals surface area contributed by atoms with Gasteiger partial charge in [-0.2, -0.15) is 0 Å². The summed E-state index contributed by atoms with van der Waals surface area (Å²) < 4.78 is 0. The molecule has 0 saturated carbocycles. The summed E-state index contributed by atoms with van der Waals surface area (Å²) in [6.45, 7) is 4.81. The molecule has 0 bridgehead atoms. The fourth-order valence-electron chi connectivity index (χ4n) is 2.60. The third-order valence-electron chi connectivity index (χ3n) is 3.65. The van der Waals surface area contributed by atoms with E-state index in [1.165, 1.54) is 6.92 Å². The lowest BCUT2D eigenvalue weighted by Crippen LogP contribution is -2.37. The Hall–Kier alpha value is -1.52. The number of hydrogen-bond acceptors (Lipinski definition) is 4. The summed E-state index contributed by atoms with van der Waals surface area (Å²) in [7, 11) is 0. The standard InChI is InChI=1S/C14H16O4/c1-7-6-10-11(8(2)9(7)4-5-15)13(17)14(3,18)12(10)16/h6,15,18H,4-5H2,1-3H3. The molecule has 0 heterocycles. The molecule has 18 heavy (non-hydrogen) atoms. The van der Waals surface area contributed by atoms with Gasteiger partial charge < -0.3 is 10.2 Å². The molecule has 0 aliphatic heterocycles. The van der Waals surface area contributed by atoms with Gasteiger partial charge in [0, 0.05) is 17.7 Å². The third kappa shape index (κ3) is 1.53. The summed E-state index contributed by atoms with van der Waals surface area (Å²) in [6, 6.07) is 1.63. The minimum absolute atomic E-state index is 0.0149. The van der Waals surface area contributed by atoms with Gasteiger partial charge in [0.1, 0.15) is 0 Å². The number of aliphatic hydroxyl groups excluding tert-OH is 1. The van der Waals surface area contributed by atoms with Gasteiger partial charge in [-0.15, -0.1) is 0 Å². The number of fused-ring (bicyclic) bond motifs is 1. The Labute approximate surface area is 105 Å². The second-order valence-electron chi connectivity index (χ2n) is 4.92. The topological polar surface area (TPSA) is 74.6 Å². The second-order valence-corrected chi connectivity index (χ2v) is 4.92. The molecule has 0 fully saturated rings. The van der Waals surface area contributed by atoms with Crippen molar-refractivity contribution in [1.82, 2.24) is 0 Å². The zero-order valence-electron chi connectivity index (χ0n) is 10.7. The van der Waals surface area contributed by atoms with E-state index < -0.39 is 17.2 Å². The van der Waals surface area contributed by atoms with Crippen LogP contribution in [-0.2, 0) is 6.42 Å². The first-order valence-corrected chi connectivity index (χ1v) is 5.88. The Morgan fingerprint density at radius 1 is 1.22 bits per heavy atom. The van der Waals surface area contributed by atoms with Gasteiger partial charge in [0.05, 0.1) is 0 Å². The maximum Gasteiger partial charge on any atom is 0.203 e. The lowest BCUT2D eigenvalue weighted by molar-refractivity contribution is 0.0397. The van der Waals surface area contributed by atoms with Crippen molar-refractivity contribution in [2.45, 2.75) is 32.8 Å². The Balaban J connectivity index is 2.73. The maximum atomic E-state index is 12.1. The van der Waals surface area contributed by atoms with Crippen molar-refractivity contribution in [3.8, 4) is 0 Å². The molecule has 0 radical (unpaired) electrons. The first kappa shape index (κ1) is 12.9. The monoisotopic (exact) mass is 248 g/mol. The molecule has 0 saturated heterocycles. The minimum atomic E-state index is -1.95. The van der Waals surface area contributed by atoms with Crippen LogP contribution in [-0.4, -0.2) is 34.0 Å². The number of hydrogen-bond donors (Lipinski definition) is 2. The van der Waals surface area contributed by atoms with Crippen LogP contribution in [0.15, 0.2) is 6.07 Å². The predicted octanol–water partition coefficient (Wildman–Crippen LogP) is 0.968. The summed E-state index contributed by atoms with van der Waals surface area (Å²) in [5.41, 5.74) is 1.07. The first-order chi connectivity index (χ1) is 8.32. The highest BCUT2D eigenvalue weighted by molar-refractivity contribution is 6.32. The summed E-state index contributed by atoms with van der Waals surface area (Å²) >= 11 is 0. The zero-order chi connectivity index (χ0) is 13.7. The van der Waals surface area contributed by atoms with Gasteiger partial charge >= 0.3 is 0 Å². The molecule has 0 aromatic heterocycles. The quantitative estimate of drug-likeness (QED) is 0.765. The van der Waals surface area contributed by atoms with Crippen LogP contribution in [0.4, 0.5) is 0 Å². The smallest absolute Gasteiger partial charge is 0.203 e. The van der Waals surface area contributed by atoms with E-state index in [0.717, 1.165) is 11.1 Å². The van der Waals surface area contributed by atoms with E-state index >= 15 is 0 Å². The average Bonchev–Trinajstić information content (AvgIpc) is 2.46. The van der Waals surface area contributed by atoms with Crippen LogP contribution in [0.5, 0.6) is 0 Å². The van der Waals surface area contributed by atoms with Crippen LogP contribution < -0.4 is 0 Å². The first-order valence-electron chi connectivity index (χ1n) is 5.88. The molecule has 4 heteroatoms. The molecule has 1 aromatic rings. The number of aryl methyl sites for hydroxylation is 1. The highest BCUT2D eigenvalue weighted by atomic mass is 16.3. The summed E-state index contributed by atoms with van der Waals surface area (Å²) in [4.78, 5) is 24.1. The molecular weight excluding hydrogens is 232 g/mol. The lowest BCUT2D eigenvalue weighted by Gasteiger charge is -2.12. The molecule has 2 rings (SSSR count). The van der Waals surface area contributed by atoms with Crippen molar-refractivity contribution in [2.75, 3.05) is 6.61 Å². The van der Waals surface area contributed by atoms with Crippen molar-refractivity contribution < 1.29 is 19.8 Å². The number of rotatable bonds is 2. The van der Waals surface area contributed by atoms with E-state index in [-0.39, 0.29) is 6.61 Å². The van der Waals surface area contributed by atoms with Gasteiger partial charge in [0.15, 0.2) is 5.60 Å². The summed E-state index contributed by atoms with van der Waals surface area (Å²) in [5.74, 6) is -1.08. The van der Waals surface area contributed by atoms with Crippen molar-refractivity contribution in [3.05, 3.63) is 33.9 Å². The van der Waals surface area contributed by atoms with Gasteiger partial charge in [-0.1, -0.05) is 0 Å². The molecule has 1 atom stereocenters. The maximum absolute atomic E-state index is 12.1. The molecule has 1 unspecified atom stereocenters. The molecule has 1 aliphatic carbocycles. The normalized spacial score (nSPS) is 22.5. The van der Waals surface area contributed by atoms with Gasteiger partial charge in [0.2, 0.25) is 11.6 Å². The van der Waals surface area contributed by atoms with Gasteiger partial charge in [0.25, 0.3) is 0 Å². The van der Waals surface area contributed by atoms with Gasteiger partial charge in [-0.05, 0) is 49.9 Å². The molecule has 1 aliphatic rings. The van der Waals surface area contributed by atoms with E-state index in [2.05, 4.69) is 0 Å². The number of carbonyl (C=O) groups excluding carboxylic acids is 2. The highest BCUT2D eigenvalue weighted by Gasteiger charge is 2.49. The fraction of sp³-hybridized carbons (Fsp3) is 0.429. The SMILES string of the molecule is Cc1cc2c(c(C)c1CCO)C(=O)C(C)(O)C2=O. The fourth-order valence-corrected chi connectivity index (χ4v) is 2.60. The predicted molar refractivity (Wildman–Crippen MR) is 66.0 cm³/mol. The van der Waals surface area contributed by atoms with Crippen molar-refractivity contribution >= 4 is 11.6 Å². The number of benzene rings is 1. The van der Waals surface area contributed by atoms with Crippen molar-refractivity contribution in [2.24, 2.45) is 0 Å². The molecule has 0 spiro atoms. The third-order valence-corrected chi connectivity index (χ3v) is 3.65. The average molecular weight is 248 g/mol. The zero-order valence-corrected chi connectivity index (χ0v) is 10.7. The molecule has 1 aromatic carbocycles. The van der Waals surface area contributed by atoms with E-state index in [1.54, 1.807) is 13.0 Å². The van der Waals surface area contributed by atoms with Crippen molar-refractivity contribution in [3.63, 3.8) is 0 Å². The minimum Gasteiger partial charge on any atom is -0.396 e. The number of ketones is 2. The van der Waals surface area contributed by atoms with E-state index in [1.807, 2.05) is 6.92 Å².